The van der Waals surface area contributed by atoms with Gasteiger partial charge in [-0.25, -0.2) is 9.67 Å². The monoisotopic (exact) mass is 227 g/mol. The lowest BCUT2D eigenvalue weighted by atomic mass is 10.1. The predicted molar refractivity (Wildman–Crippen MR) is 61.3 cm³/mol. The number of hydrogen-bond donors (Lipinski definition) is 1. The number of rotatable bonds is 2. The molecule has 17 heavy (non-hydrogen) atoms. The van der Waals surface area contributed by atoms with Gasteiger partial charge in [-0.1, -0.05) is 17.3 Å². The van der Waals surface area contributed by atoms with Crippen LogP contribution in [0.1, 0.15) is 0 Å². The second-order valence-electron chi connectivity index (χ2n) is 3.47. The summed E-state index contributed by atoms with van der Waals surface area (Å²) in [5, 5.41) is 7.76. The average molecular weight is 227 g/mol. The number of anilines is 1. The van der Waals surface area contributed by atoms with Crippen LogP contribution < -0.4 is 5.73 Å². The first kappa shape index (κ1) is 9.59. The van der Waals surface area contributed by atoms with Crippen LogP contribution in [0.4, 0.5) is 5.82 Å². The number of benzene rings is 1. The molecule has 0 radical (unpaired) electrons. The molecule has 84 valence electrons. The third kappa shape index (κ3) is 1.65. The Balaban J connectivity index is 2.17. The molecule has 0 spiro atoms. The maximum Gasteiger partial charge on any atom is 0.171 e. The number of nitrogen functional groups attached to an aromatic ring is 1. The first-order chi connectivity index (χ1) is 8.34. The molecule has 0 bridgehead atoms. The lowest BCUT2D eigenvalue weighted by molar-refractivity contribution is 0.435. The molecule has 0 saturated heterocycles. The van der Waals surface area contributed by atoms with Crippen molar-refractivity contribution in [1.29, 1.82) is 0 Å². The van der Waals surface area contributed by atoms with Gasteiger partial charge in [0.05, 0.1) is 5.69 Å². The van der Waals surface area contributed by atoms with Crippen molar-refractivity contribution in [2.75, 3.05) is 5.73 Å². The summed E-state index contributed by atoms with van der Waals surface area (Å²) in [5.41, 5.74) is 7.27. The molecular weight excluding hydrogens is 218 g/mol. The molecule has 0 amide bonds. The van der Waals surface area contributed by atoms with Crippen LogP contribution in [0.2, 0.25) is 0 Å². The summed E-state index contributed by atoms with van der Waals surface area (Å²) in [7, 11) is 0. The molecule has 6 nitrogen and oxygen atoms in total. The van der Waals surface area contributed by atoms with Gasteiger partial charge in [0, 0.05) is 11.6 Å². The Hall–Kier alpha value is -2.63. The van der Waals surface area contributed by atoms with Gasteiger partial charge in [-0.15, -0.1) is 0 Å². The van der Waals surface area contributed by atoms with E-state index in [4.69, 9.17) is 10.3 Å². The van der Waals surface area contributed by atoms with Crippen LogP contribution in [-0.4, -0.2) is 19.9 Å². The maximum absolute atomic E-state index is 5.55. The van der Waals surface area contributed by atoms with E-state index in [1.165, 1.54) is 6.33 Å². The molecule has 2 heterocycles. The molecule has 0 aliphatic carbocycles. The fourth-order valence-corrected chi connectivity index (χ4v) is 1.63. The minimum atomic E-state index is 0.355. The van der Waals surface area contributed by atoms with E-state index >= 15 is 0 Å². The van der Waals surface area contributed by atoms with Crippen LogP contribution in [0.3, 0.4) is 0 Å². The second kappa shape index (κ2) is 3.75. The quantitative estimate of drug-likeness (QED) is 0.717. The Bertz CT molecular complexity index is 629. The second-order valence-corrected chi connectivity index (χ2v) is 3.47. The summed E-state index contributed by atoms with van der Waals surface area (Å²) in [6.07, 6.45) is 3.10. The van der Waals surface area contributed by atoms with Gasteiger partial charge < -0.3 is 10.3 Å². The van der Waals surface area contributed by atoms with E-state index in [9.17, 15) is 0 Å². The zero-order valence-corrected chi connectivity index (χ0v) is 8.82. The van der Waals surface area contributed by atoms with Crippen molar-refractivity contribution in [3.05, 3.63) is 43.0 Å². The summed E-state index contributed by atoms with van der Waals surface area (Å²) >= 11 is 0. The van der Waals surface area contributed by atoms with E-state index in [1.54, 1.807) is 17.1 Å². The summed E-state index contributed by atoms with van der Waals surface area (Å²) < 4.78 is 6.81. The van der Waals surface area contributed by atoms with Crippen LogP contribution in [0.15, 0.2) is 47.5 Å². The van der Waals surface area contributed by atoms with E-state index in [2.05, 4.69) is 15.2 Å². The first-order valence-corrected chi connectivity index (χ1v) is 5.01. The van der Waals surface area contributed by atoms with Gasteiger partial charge in [-0.05, 0) is 12.1 Å². The number of para-hydroxylation sites is 1. The predicted octanol–water partition coefficient (Wildman–Crippen LogP) is 1.50. The fourth-order valence-electron chi connectivity index (χ4n) is 1.63. The lowest BCUT2D eigenvalue weighted by Crippen LogP contribution is -1.96. The maximum atomic E-state index is 5.55. The van der Waals surface area contributed by atoms with Crippen molar-refractivity contribution < 1.29 is 4.52 Å². The van der Waals surface area contributed by atoms with Crippen molar-refractivity contribution in [3.63, 3.8) is 0 Å². The summed E-state index contributed by atoms with van der Waals surface area (Å²) in [6, 6.07) is 9.34. The standard InChI is InChI=1S/C11H9N5O/c12-11-5-10(17-15-11)8-3-1-2-4-9(8)16-7-13-6-14-16/h1-7H,(H2,12,15). The largest absolute Gasteiger partial charge is 0.381 e. The zero-order chi connectivity index (χ0) is 11.7. The van der Waals surface area contributed by atoms with Crippen molar-refractivity contribution in [2.45, 2.75) is 0 Å². The van der Waals surface area contributed by atoms with Crippen molar-refractivity contribution in [3.8, 4) is 17.0 Å². The summed E-state index contributed by atoms with van der Waals surface area (Å²) in [4.78, 5) is 3.92. The van der Waals surface area contributed by atoms with Gasteiger partial charge in [0.2, 0.25) is 0 Å². The van der Waals surface area contributed by atoms with Gasteiger partial charge in [0.25, 0.3) is 0 Å². The number of nitrogens with two attached hydrogens (primary N) is 1. The first-order valence-electron chi connectivity index (χ1n) is 5.01. The van der Waals surface area contributed by atoms with Crippen LogP contribution in [0.25, 0.3) is 17.0 Å². The zero-order valence-electron chi connectivity index (χ0n) is 8.82. The molecule has 3 rings (SSSR count). The molecule has 3 aromatic rings. The molecule has 0 aliphatic heterocycles. The molecule has 0 saturated carbocycles. The Labute approximate surface area is 96.7 Å². The van der Waals surface area contributed by atoms with E-state index in [-0.39, 0.29) is 0 Å². The lowest BCUT2D eigenvalue weighted by Gasteiger charge is -2.05. The van der Waals surface area contributed by atoms with E-state index in [0.29, 0.717) is 11.6 Å². The van der Waals surface area contributed by atoms with Crippen LogP contribution in [0, 0.1) is 0 Å². The molecule has 1 aromatic carbocycles. The molecule has 2 N–H and O–H groups in total. The van der Waals surface area contributed by atoms with Gasteiger partial charge >= 0.3 is 0 Å². The molecule has 0 fully saturated rings. The van der Waals surface area contributed by atoms with Gasteiger partial charge in [0.15, 0.2) is 11.6 Å². The third-order valence-electron chi connectivity index (χ3n) is 2.36. The van der Waals surface area contributed by atoms with Gasteiger partial charge in [-0.2, -0.15) is 5.10 Å². The highest BCUT2D eigenvalue weighted by Crippen LogP contribution is 2.27. The van der Waals surface area contributed by atoms with Crippen LogP contribution in [0.5, 0.6) is 0 Å². The highest BCUT2D eigenvalue weighted by Gasteiger charge is 2.11. The third-order valence-corrected chi connectivity index (χ3v) is 2.36. The SMILES string of the molecule is Nc1cc(-c2ccccc2-n2cncn2)on1. The van der Waals surface area contributed by atoms with Crippen molar-refractivity contribution >= 4 is 5.82 Å². The molecule has 6 heteroatoms. The Morgan fingerprint density at radius 2 is 2.12 bits per heavy atom. The van der Waals surface area contributed by atoms with Crippen molar-refractivity contribution in [1.82, 2.24) is 19.9 Å². The highest BCUT2D eigenvalue weighted by molar-refractivity contribution is 5.69. The average Bonchev–Trinajstić information content (AvgIpc) is 3.00. The molecule has 0 aliphatic rings. The van der Waals surface area contributed by atoms with Crippen LogP contribution >= 0.6 is 0 Å². The number of hydrogen-bond acceptors (Lipinski definition) is 5. The number of aromatic nitrogens is 4. The Morgan fingerprint density at radius 3 is 2.82 bits per heavy atom. The van der Waals surface area contributed by atoms with E-state index in [1.807, 2.05) is 24.3 Å². The topological polar surface area (TPSA) is 82.8 Å². The Kier molecular flexibility index (Phi) is 2.11. The fraction of sp³-hybridized carbons (Fsp3) is 0. The molecular formula is C11H9N5O. The van der Waals surface area contributed by atoms with Crippen molar-refractivity contribution in [2.24, 2.45) is 0 Å². The Morgan fingerprint density at radius 1 is 1.24 bits per heavy atom. The van der Waals surface area contributed by atoms with E-state index < -0.39 is 0 Å². The highest BCUT2D eigenvalue weighted by atomic mass is 16.5. The normalized spacial score (nSPS) is 10.6. The number of nitrogens with zero attached hydrogens (tertiary/aromatic N) is 4. The minimum Gasteiger partial charge on any atom is -0.381 e. The molecule has 0 unspecified atom stereocenters. The summed E-state index contributed by atoms with van der Waals surface area (Å²) in [6.45, 7) is 0. The van der Waals surface area contributed by atoms with E-state index in [0.717, 1.165) is 11.3 Å². The van der Waals surface area contributed by atoms with Gasteiger partial charge in [0.1, 0.15) is 12.7 Å². The summed E-state index contributed by atoms with van der Waals surface area (Å²) in [5.74, 6) is 0.960. The smallest absolute Gasteiger partial charge is 0.171 e. The van der Waals surface area contributed by atoms with Crippen LogP contribution in [-0.2, 0) is 0 Å². The minimum absolute atomic E-state index is 0.355. The molecule has 2 aromatic heterocycles. The van der Waals surface area contributed by atoms with Gasteiger partial charge in [-0.3, -0.25) is 0 Å². The molecule has 0 atom stereocenters.